The molecule has 15 heavy (non-hydrogen) atoms. The first-order chi connectivity index (χ1) is 7.34. The third-order valence-corrected chi connectivity index (χ3v) is 2.76. The molecule has 1 aliphatic rings. The van der Waals surface area contributed by atoms with Gasteiger partial charge in [-0.25, -0.2) is 0 Å². The fraction of sp³-hybridized carbons (Fsp3) is 0.462. The molecule has 0 saturated carbocycles. The van der Waals surface area contributed by atoms with Gasteiger partial charge in [-0.05, 0) is 24.8 Å². The van der Waals surface area contributed by atoms with Crippen molar-refractivity contribution < 1.29 is 9.53 Å². The van der Waals surface area contributed by atoms with Gasteiger partial charge < -0.3 is 4.74 Å². The summed E-state index contributed by atoms with van der Waals surface area (Å²) in [6.07, 6.45) is 4.61. The Hall–Kier alpha value is -1.31. The predicted octanol–water partition coefficient (Wildman–Crippen LogP) is 2.71. The summed E-state index contributed by atoms with van der Waals surface area (Å²) in [6.45, 7) is 0. The molecule has 80 valence electrons. The molecule has 1 atom stereocenters. The zero-order valence-electron chi connectivity index (χ0n) is 8.82. The second-order valence-corrected chi connectivity index (χ2v) is 4.05. The van der Waals surface area contributed by atoms with Gasteiger partial charge in [0.2, 0.25) is 0 Å². The second kappa shape index (κ2) is 4.96. The van der Waals surface area contributed by atoms with E-state index in [4.69, 9.17) is 4.74 Å². The fourth-order valence-corrected chi connectivity index (χ4v) is 1.97. The summed E-state index contributed by atoms with van der Waals surface area (Å²) in [5.74, 6) is -0.0339. The highest BCUT2D eigenvalue weighted by Crippen LogP contribution is 2.17. The van der Waals surface area contributed by atoms with Crippen LogP contribution in [0.2, 0.25) is 0 Å². The monoisotopic (exact) mass is 204 g/mol. The fourth-order valence-electron chi connectivity index (χ4n) is 1.97. The summed E-state index contributed by atoms with van der Waals surface area (Å²) in [4.78, 5) is 11.3. The molecule has 0 aromatic heterocycles. The molecule has 1 saturated heterocycles. The molecule has 1 aromatic rings. The van der Waals surface area contributed by atoms with Crippen LogP contribution in [0.3, 0.4) is 0 Å². The SMILES string of the molecule is O=C1CCCCC(Cc2ccccc2)O1. The minimum atomic E-state index is -0.0339. The maximum absolute atomic E-state index is 11.3. The van der Waals surface area contributed by atoms with Crippen molar-refractivity contribution in [3.8, 4) is 0 Å². The van der Waals surface area contributed by atoms with E-state index >= 15 is 0 Å². The first-order valence-corrected chi connectivity index (χ1v) is 5.58. The lowest BCUT2D eigenvalue weighted by Crippen LogP contribution is -2.17. The van der Waals surface area contributed by atoms with Crippen LogP contribution in [0.5, 0.6) is 0 Å². The van der Waals surface area contributed by atoms with Crippen LogP contribution in [0.15, 0.2) is 30.3 Å². The van der Waals surface area contributed by atoms with Crippen molar-refractivity contribution in [2.45, 2.75) is 38.2 Å². The lowest BCUT2D eigenvalue weighted by Gasteiger charge is -2.14. The van der Waals surface area contributed by atoms with E-state index < -0.39 is 0 Å². The first-order valence-electron chi connectivity index (χ1n) is 5.58. The van der Waals surface area contributed by atoms with E-state index in [0.717, 1.165) is 25.7 Å². The molecule has 2 rings (SSSR count). The van der Waals surface area contributed by atoms with Crippen LogP contribution in [-0.2, 0) is 16.0 Å². The zero-order chi connectivity index (χ0) is 10.5. The summed E-state index contributed by atoms with van der Waals surface area (Å²) in [7, 11) is 0. The van der Waals surface area contributed by atoms with E-state index in [-0.39, 0.29) is 12.1 Å². The van der Waals surface area contributed by atoms with E-state index in [0.29, 0.717) is 6.42 Å². The number of rotatable bonds is 2. The van der Waals surface area contributed by atoms with Crippen molar-refractivity contribution in [2.24, 2.45) is 0 Å². The van der Waals surface area contributed by atoms with Crippen LogP contribution in [0.1, 0.15) is 31.2 Å². The van der Waals surface area contributed by atoms with Crippen LogP contribution in [0, 0.1) is 0 Å². The van der Waals surface area contributed by atoms with Crippen molar-refractivity contribution >= 4 is 5.97 Å². The maximum atomic E-state index is 11.3. The van der Waals surface area contributed by atoms with Gasteiger partial charge in [-0.2, -0.15) is 0 Å². The highest BCUT2D eigenvalue weighted by molar-refractivity contribution is 5.69. The van der Waals surface area contributed by atoms with E-state index in [1.807, 2.05) is 18.2 Å². The maximum Gasteiger partial charge on any atom is 0.306 e. The van der Waals surface area contributed by atoms with E-state index in [9.17, 15) is 4.79 Å². The van der Waals surface area contributed by atoms with Gasteiger partial charge in [-0.15, -0.1) is 0 Å². The highest BCUT2D eigenvalue weighted by atomic mass is 16.5. The smallest absolute Gasteiger partial charge is 0.306 e. The molecule has 1 aromatic carbocycles. The van der Waals surface area contributed by atoms with Crippen LogP contribution < -0.4 is 0 Å². The lowest BCUT2D eigenvalue weighted by atomic mass is 10.0. The average Bonchev–Trinajstić information content (AvgIpc) is 2.44. The number of carbonyl (C=O) groups is 1. The van der Waals surface area contributed by atoms with E-state index in [1.165, 1.54) is 5.56 Å². The molecule has 1 heterocycles. The zero-order valence-corrected chi connectivity index (χ0v) is 8.82. The Kier molecular flexibility index (Phi) is 3.38. The number of benzene rings is 1. The van der Waals surface area contributed by atoms with Gasteiger partial charge in [0, 0.05) is 12.8 Å². The van der Waals surface area contributed by atoms with Gasteiger partial charge in [-0.3, -0.25) is 4.79 Å². The summed E-state index contributed by atoms with van der Waals surface area (Å²) in [6, 6.07) is 10.2. The Morgan fingerprint density at radius 3 is 2.80 bits per heavy atom. The molecule has 0 aliphatic carbocycles. The Morgan fingerprint density at radius 1 is 1.20 bits per heavy atom. The van der Waals surface area contributed by atoms with Crippen molar-refractivity contribution in [2.75, 3.05) is 0 Å². The van der Waals surface area contributed by atoms with Gasteiger partial charge >= 0.3 is 5.97 Å². The number of hydrogen-bond acceptors (Lipinski definition) is 2. The van der Waals surface area contributed by atoms with Gasteiger partial charge in [0.1, 0.15) is 6.10 Å². The lowest BCUT2D eigenvalue weighted by molar-refractivity contribution is -0.147. The highest BCUT2D eigenvalue weighted by Gasteiger charge is 2.18. The Balaban J connectivity index is 1.96. The molecular formula is C13H16O2. The quantitative estimate of drug-likeness (QED) is 0.692. The van der Waals surface area contributed by atoms with Crippen LogP contribution in [0.4, 0.5) is 0 Å². The molecule has 0 spiro atoms. The van der Waals surface area contributed by atoms with Gasteiger partial charge in [-0.1, -0.05) is 30.3 Å². The molecule has 2 nitrogen and oxygen atoms in total. The number of carbonyl (C=O) groups excluding carboxylic acids is 1. The molecule has 2 heteroatoms. The van der Waals surface area contributed by atoms with Crippen LogP contribution in [0.25, 0.3) is 0 Å². The summed E-state index contributed by atoms with van der Waals surface area (Å²) in [5.41, 5.74) is 1.25. The standard InChI is InChI=1S/C13H16O2/c14-13-9-5-4-8-12(15-13)10-11-6-2-1-3-7-11/h1-3,6-7,12H,4-5,8-10H2. The first kappa shape index (κ1) is 10.2. The Labute approximate surface area is 90.3 Å². The molecule has 0 N–H and O–H groups in total. The molecule has 0 radical (unpaired) electrons. The van der Waals surface area contributed by atoms with Crippen LogP contribution >= 0.6 is 0 Å². The van der Waals surface area contributed by atoms with Gasteiger partial charge in [0.25, 0.3) is 0 Å². The minimum absolute atomic E-state index is 0.0339. The molecular weight excluding hydrogens is 188 g/mol. The molecule has 0 amide bonds. The van der Waals surface area contributed by atoms with Crippen molar-refractivity contribution in [3.63, 3.8) is 0 Å². The third kappa shape index (κ3) is 3.08. The average molecular weight is 204 g/mol. The van der Waals surface area contributed by atoms with Crippen molar-refractivity contribution in [1.82, 2.24) is 0 Å². The predicted molar refractivity (Wildman–Crippen MR) is 58.5 cm³/mol. The van der Waals surface area contributed by atoms with Crippen molar-refractivity contribution in [3.05, 3.63) is 35.9 Å². The normalized spacial score (nSPS) is 21.9. The van der Waals surface area contributed by atoms with E-state index in [1.54, 1.807) is 0 Å². The Bertz CT molecular complexity index is 319. The number of cyclic esters (lactones) is 1. The number of ether oxygens (including phenoxy) is 1. The van der Waals surface area contributed by atoms with Crippen LogP contribution in [-0.4, -0.2) is 12.1 Å². The summed E-state index contributed by atoms with van der Waals surface area (Å²) < 4.78 is 5.38. The minimum Gasteiger partial charge on any atom is -0.462 e. The number of hydrogen-bond donors (Lipinski definition) is 0. The van der Waals surface area contributed by atoms with Gasteiger partial charge in [0.05, 0.1) is 0 Å². The molecule has 0 bridgehead atoms. The third-order valence-electron chi connectivity index (χ3n) is 2.76. The Morgan fingerprint density at radius 2 is 2.00 bits per heavy atom. The molecule has 1 aliphatic heterocycles. The molecule has 1 unspecified atom stereocenters. The molecule has 1 fully saturated rings. The van der Waals surface area contributed by atoms with E-state index in [2.05, 4.69) is 12.1 Å². The van der Waals surface area contributed by atoms with Crippen molar-refractivity contribution in [1.29, 1.82) is 0 Å². The second-order valence-electron chi connectivity index (χ2n) is 4.05. The van der Waals surface area contributed by atoms with Gasteiger partial charge in [0.15, 0.2) is 0 Å². The topological polar surface area (TPSA) is 26.3 Å². The largest absolute Gasteiger partial charge is 0.462 e. The summed E-state index contributed by atoms with van der Waals surface area (Å²) >= 11 is 0. The summed E-state index contributed by atoms with van der Waals surface area (Å²) in [5, 5.41) is 0. The number of esters is 1.